The number of nitrogens with zero attached hydrogens (tertiary/aromatic N) is 2. The topological polar surface area (TPSA) is 106 Å². The quantitative estimate of drug-likeness (QED) is 0.567. The van der Waals surface area contributed by atoms with Gasteiger partial charge in [0.15, 0.2) is 0 Å². The van der Waals surface area contributed by atoms with Crippen molar-refractivity contribution in [2.24, 2.45) is 0 Å². The first kappa shape index (κ1) is 9.30. The third kappa shape index (κ3) is 2.97. The number of amides is 1. The first-order valence-electron chi connectivity index (χ1n) is 3.82. The van der Waals surface area contributed by atoms with E-state index >= 15 is 0 Å². The van der Waals surface area contributed by atoms with Gasteiger partial charge in [0.1, 0.15) is 0 Å². The fourth-order valence-corrected chi connectivity index (χ4v) is 0.722. The maximum Gasteiger partial charge on any atom is 0.317 e. The second-order valence-electron chi connectivity index (χ2n) is 2.25. The van der Waals surface area contributed by atoms with Gasteiger partial charge in [-0.1, -0.05) is 10.2 Å². The Morgan fingerprint density at radius 1 is 1.62 bits per heavy atom. The van der Waals surface area contributed by atoms with Crippen LogP contribution in [-0.2, 0) is 4.79 Å². The molecule has 0 fully saturated rings. The molecule has 1 amide bonds. The van der Waals surface area contributed by atoms with Crippen LogP contribution in [0, 0.1) is 0 Å². The maximum atomic E-state index is 10.9. The average molecular weight is 185 g/mol. The van der Waals surface area contributed by atoms with Crippen molar-refractivity contribution in [1.29, 1.82) is 0 Å². The summed E-state index contributed by atoms with van der Waals surface area (Å²) >= 11 is 0. The number of nitrogen functional groups attached to an aromatic ring is 1. The Balaban J connectivity index is 2.30. The van der Waals surface area contributed by atoms with E-state index in [0.29, 0.717) is 6.54 Å². The van der Waals surface area contributed by atoms with E-state index in [2.05, 4.69) is 20.8 Å². The Bertz CT molecular complexity index is 284. The van der Waals surface area contributed by atoms with E-state index in [9.17, 15) is 4.79 Å². The molecule has 0 radical (unpaired) electrons. The van der Waals surface area contributed by atoms with Gasteiger partial charge < -0.3 is 20.8 Å². The third-order valence-corrected chi connectivity index (χ3v) is 1.21. The summed E-state index contributed by atoms with van der Waals surface area (Å²) in [5.41, 5.74) is 5.16. The first-order chi connectivity index (χ1) is 6.22. The van der Waals surface area contributed by atoms with Gasteiger partial charge in [-0.3, -0.25) is 4.79 Å². The van der Waals surface area contributed by atoms with Crippen molar-refractivity contribution in [1.82, 2.24) is 15.5 Å². The Morgan fingerprint density at radius 2 is 2.38 bits per heavy atom. The van der Waals surface area contributed by atoms with Gasteiger partial charge in [-0.25, -0.2) is 0 Å². The maximum absolute atomic E-state index is 10.9. The summed E-state index contributed by atoms with van der Waals surface area (Å²) in [4.78, 5) is 10.9. The fraction of sp³-hybridized carbons (Fsp3) is 0.500. The Kier molecular flexibility index (Phi) is 3.07. The molecule has 0 saturated heterocycles. The van der Waals surface area contributed by atoms with E-state index in [-0.39, 0.29) is 24.5 Å². The zero-order valence-electron chi connectivity index (χ0n) is 7.20. The molecule has 0 aromatic carbocycles. The van der Waals surface area contributed by atoms with E-state index in [4.69, 9.17) is 10.2 Å². The molecule has 0 unspecified atom stereocenters. The molecule has 1 aromatic heterocycles. The van der Waals surface area contributed by atoms with Gasteiger partial charge in [0.05, 0.1) is 6.54 Å². The summed E-state index contributed by atoms with van der Waals surface area (Å²) in [5, 5.41) is 12.1. The van der Waals surface area contributed by atoms with Crippen LogP contribution in [0.3, 0.4) is 0 Å². The summed E-state index contributed by atoms with van der Waals surface area (Å²) in [6.07, 6.45) is 0. The van der Waals surface area contributed by atoms with E-state index < -0.39 is 0 Å². The van der Waals surface area contributed by atoms with Crippen molar-refractivity contribution in [2.45, 2.75) is 6.92 Å². The summed E-state index contributed by atoms with van der Waals surface area (Å²) in [5.74, 6) is -0.140. The molecule has 1 rings (SSSR count). The molecular weight excluding hydrogens is 174 g/mol. The predicted molar refractivity (Wildman–Crippen MR) is 45.9 cm³/mol. The molecule has 0 bridgehead atoms. The van der Waals surface area contributed by atoms with Crippen LogP contribution in [0.2, 0.25) is 0 Å². The monoisotopic (exact) mass is 185 g/mol. The van der Waals surface area contributed by atoms with Crippen LogP contribution in [0.4, 0.5) is 12.0 Å². The Hall–Kier alpha value is -1.79. The summed E-state index contributed by atoms with van der Waals surface area (Å²) < 4.78 is 4.78. The number of hydrogen-bond acceptors (Lipinski definition) is 6. The van der Waals surface area contributed by atoms with Crippen molar-refractivity contribution in [2.75, 3.05) is 24.1 Å². The zero-order valence-corrected chi connectivity index (χ0v) is 7.20. The normalized spacial score (nSPS) is 9.62. The average Bonchev–Trinajstić information content (AvgIpc) is 2.49. The number of nitrogens with two attached hydrogens (primary N) is 1. The van der Waals surface area contributed by atoms with E-state index in [1.165, 1.54) is 0 Å². The van der Waals surface area contributed by atoms with Crippen molar-refractivity contribution < 1.29 is 9.21 Å². The highest BCUT2D eigenvalue weighted by Crippen LogP contribution is 2.04. The van der Waals surface area contributed by atoms with Gasteiger partial charge in [0.2, 0.25) is 5.91 Å². The lowest BCUT2D eigenvalue weighted by Gasteiger charge is -2.00. The molecule has 0 aliphatic carbocycles. The molecule has 1 heterocycles. The number of anilines is 2. The molecule has 1 aromatic rings. The number of hydrogen-bond donors (Lipinski definition) is 3. The van der Waals surface area contributed by atoms with Gasteiger partial charge in [-0.15, -0.1) is 0 Å². The number of carbonyl (C=O) groups excluding carboxylic acids is 1. The lowest BCUT2D eigenvalue weighted by molar-refractivity contribution is -0.119. The van der Waals surface area contributed by atoms with Gasteiger partial charge in [0, 0.05) is 6.54 Å². The van der Waals surface area contributed by atoms with Gasteiger partial charge >= 0.3 is 12.0 Å². The van der Waals surface area contributed by atoms with Crippen LogP contribution in [0.5, 0.6) is 0 Å². The molecule has 4 N–H and O–H groups in total. The molecule has 7 nitrogen and oxygen atoms in total. The van der Waals surface area contributed by atoms with Gasteiger partial charge in [-0.2, -0.15) is 0 Å². The SMILES string of the molecule is CCNC(=O)CNc1nnc(N)o1. The van der Waals surface area contributed by atoms with Crippen LogP contribution >= 0.6 is 0 Å². The number of nitrogens with one attached hydrogen (secondary N) is 2. The Morgan fingerprint density at radius 3 is 2.92 bits per heavy atom. The van der Waals surface area contributed by atoms with Crippen LogP contribution < -0.4 is 16.4 Å². The standard InChI is InChI=1S/C6H11N5O2/c1-2-8-4(12)3-9-6-11-10-5(7)13-6/h2-3H2,1H3,(H2,7,10)(H,8,12)(H,9,11). The van der Waals surface area contributed by atoms with Crippen molar-refractivity contribution in [3.63, 3.8) is 0 Å². The lowest BCUT2D eigenvalue weighted by atomic mass is 10.5. The molecule has 0 aliphatic rings. The van der Waals surface area contributed by atoms with Gasteiger partial charge in [0.25, 0.3) is 0 Å². The van der Waals surface area contributed by atoms with Crippen LogP contribution in [-0.4, -0.2) is 29.2 Å². The molecule has 72 valence electrons. The van der Waals surface area contributed by atoms with Crippen LogP contribution in [0.25, 0.3) is 0 Å². The van der Waals surface area contributed by atoms with Crippen LogP contribution in [0.1, 0.15) is 6.92 Å². The minimum atomic E-state index is -0.140. The van der Waals surface area contributed by atoms with Crippen LogP contribution in [0.15, 0.2) is 4.42 Å². The van der Waals surface area contributed by atoms with E-state index in [1.807, 2.05) is 6.92 Å². The first-order valence-corrected chi connectivity index (χ1v) is 3.82. The number of carbonyl (C=O) groups is 1. The van der Waals surface area contributed by atoms with Crippen molar-refractivity contribution in [3.05, 3.63) is 0 Å². The van der Waals surface area contributed by atoms with E-state index in [1.54, 1.807) is 0 Å². The number of likely N-dealkylation sites (N-methyl/N-ethyl adjacent to an activating group) is 1. The summed E-state index contributed by atoms with van der Waals surface area (Å²) in [7, 11) is 0. The molecular formula is C6H11N5O2. The minimum Gasteiger partial charge on any atom is -0.390 e. The molecule has 0 aliphatic heterocycles. The largest absolute Gasteiger partial charge is 0.390 e. The summed E-state index contributed by atoms with van der Waals surface area (Å²) in [6, 6.07) is 0.113. The highest BCUT2D eigenvalue weighted by Gasteiger charge is 2.03. The number of aromatic nitrogens is 2. The molecule has 0 atom stereocenters. The second-order valence-corrected chi connectivity index (χ2v) is 2.25. The molecule has 0 spiro atoms. The fourth-order valence-electron chi connectivity index (χ4n) is 0.722. The predicted octanol–water partition coefficient (Wildman–Crippen LogP) is -0.800. The van der Waals surface area contributed by atoms with Crippen molar-refractivity contribution >= 4 is 17.9 Å². The second kappa shape index (κ2) is 4.29. The number of rotatable bonds is 4. The highest BCUT2D eigenvalue weighted by molar-refractivity contribution is 5.79. The smallest absolute Gasteiger partial charge is 0.317 e. The molecule has 7 heteroatoms. The summed E-state index contributed by atoms with van der Waals surface area (Å²) in [6.45, 7) is 2.52. The third-order valence-electron chi connectivity index (χ3n) is 1.21. The highest BCUT2D eigenvalue weighted by atomic mass is 16.4. The van der Waals surface area contributed by atoms with Gasteiger partial charge in [-0.05, 0) is 6.92 Å². The molecule has 0 saturated carbocycles. The minimum absolute atomic E-state index is 0.0293. The Labute approximate surface area is 74.7 Å². The van der Waals surface area contributed by atoms with E-state index in [0.717, 1.165) is 0 Å². The zero-order chi connectivity index (χ0) is 9.68. The molecule has 13 heavy (non-hydrogen) atoms. The lowest BCUT2D eigenvalue weighted by Crippen LogP contribution is -2.29. The van der Waals surface area contributed by atoms with Crippen molar-refractivity contribution in [3.8, 4) is 0 Å².